The molecule has 0 saturated heterocycles. The van der Waals surface area contributed by atoms with Crippen LogP contribution in [0.4, 0.5) is 5.82 Å². The maximum atomic E-state index is 6.08. The quantitative estimate of drug-likeness (QED) is 0.890. The number of nitrogens with one attached hydrogen (secondary N) is 1. The van der Waals surface area contributed by atoms with Crippen molar-refractivity contribution in [3.63, 3.8) is 0 Å². The molecular weight excluding hydrogens is 299 g/mol. The molecule has 1 aromatic carbocycles. The van der Waals surface area contributed by atoms with Crippen LogP contribution in [0.1, 0.15) is 5.56 Å². The number of pyridine rings is 1. The number of anilines is 1. The molecule has 1 N–H and O–H groups in total. The van der Waals surface area contributed by atoms with Crippen molar-refractivity contribution in [2.45, 2.75) is 6.61 Å². The van der Waals surface area contributed by atoms with E-state index in [-0.39, 0.29) is 0 Å². The zero-order valence-corrected chi connectivity index (χ0v) is 12.6. The van der Waals surface area contributed by atoms with Crippen molar-refractivity contribution in [1.29, 1.82) is 0 Å². The molecule has 0 bridgehead atoms. The third-order valence-corrected chi connectivity index (χ3v) is 3.12. The molecule has 0 aliphatic rings. The molecular formula is C14H14Cl2N2O2. The van der Waals surface area contributed by atoms with E-state index in [1.165, 1.54) is 0 Å². The van der Waals surface area contributed by atoms with Gasteiger partial charge in [0.2, 0.25) is 5.88 Å². The van der Waals surface area contributed by atoms with Crippen molar-refractivity contribution in [3.8, 4) is 11.6 Å². The van der Waals surface area contributed by atoms with Crippen molar-refractivity contribution < 1.29 is 9.47 Å². The Labute approximate surface area is 127 Å². The van der Waals surface area contributed by atoms with Crippen molar-refractivity contribution in [3.05, 3.63) is 45.9 Å². The molecule has 20 heavy (non-hydrogen) atoms. The van der Waals surface area contributed by atoms with E-state index in [1.54, 1.807) is 20.2 Å². The van der Waals surface area contributed by atoms with E-state index in [2.05, 4.69) is 10.3 Å². The topological polar surface area (TPSA) is 43.4 Å². The molecule has 0 aliphatic heterocycles. The number of ether oxygens (including phenoxy) is 2. The molecule has 0 aliphatic carbocycles. The van der Waals surface area contributed by atoms with E-state index in [9.17, 15) is 0 Å². The van der Waals surface area contributed by atoms with Gasteiger partial charge in [0, 0.05) is 14.2 Å². The molecule has 0 atom stereocenters. The molecule has 0 fully saturated rings. The first-order valence-corrected chi connectivity index (χ1v) is 6.69. The number of methoxy groups -OCH3 is 1. The lowest BCUT2D eigenvalue weighted by Gasteiger charge is -2.10. The highest BCUT2D eigenvalue weighted by Gasteiger charge is 2.10. The van der Waals surface area contributed by atoms with Crippen LogP contribution in [-0.4, -0.2) is 19.1 Å². The van der Waals surface area contributed by atoms with E-state index in [0.717, 1.165) is 5.56 Å². The monoisotopic (exact) mass is 312 g/mol. The zero-order chi connectivity index (χ0) is 14.5. The van der Waals surface area contributed by atoms with E-state index in [4.69, 9.17) is 32.7 Å². The van der Waals surface area contributed by atoms with Gasteiger partial charge in [-0.05, 0) is 23.8 Å². The molecule has 0 spiro atoms. The van der Waals surface area contributed by atoms with Crippen LogP contribution in [0.25, 0.3) is 0 Å². The summed E-state index contributed by atoms with van der Waals surface area (Å²) in [5.41, 5.74) is 1.00. The normalized spacial score (nSPS) is 10.4. The third kappa shape index (κ3) is 3.54. The number of rotatable bonds is 5. The lowest BCUT2D eigenvalue weighted by atomic mass is 10.2. The molecule has 1 aromatic heterocycles. The van der Waals surface area contributed by atoms with Gasteiger partial charge < -0.3 is 14.8 Å². The van der Waals surface area contributed by atoms with Crippen LogP contribution >= 0.6 is 23.2 Å². The summed E-state index contributed by atoms with van der Waals surface area (Å²) in [6.45, 7) is 0.515. The number of halogens is 2. The minimum absolute atomic E-state index is 0.301. The maximum Gasteiger partial charge on any atom is 0.240 e. The Balaban J connectivity index is 2.27. The Morgan fingerprint density at radius 2 is 2.00 bits per heavy atom. The van der Waals surface area contributed by atoms with Gasteiger partial charge in [0.1, 0.15) is 16.6 Å². The molecule has 2 rings (SSSR count). The average molecular weight is 313 g/mol. The van der Waals surface area contributed by atoms with E-state index >= 15 is 0 Å². The van der Waals surface area contributed by atoms with Crippen molar-refractivity contribution in [2.24, 2.45) is 0 Å². The predicted octanol–water partition coefficient (Wildman–Crippen LogP) is 4.37. The van der Waals surface area contributed by atoms with Gasteiger partial charge in [0.25, 0.3) is 0 Å². The molecule has 4 nitrogen and oxygen atoms in total. The van der Waals surface area contributed by atoms with Gasteiger partial charge in [-0.2, -0.15) is 4.98 Å². The second kappa shape index (κ2) is 6.79. The van der Waals surface area contributed by atoms with Crippen LogP contribution in [0.2, 0.25) is 10.0 Å². The highest BCUT2D eigenvalue weighted by atomic mass is 35.5. The van der Waals surface area contributed by atoms with Gasteiger partial charge >= 0.3 is 0 Å². The third-order valence-electron chi connectivity index (χ3n) is 2.56. The van der Waals surface area contributed by atoms with Crippen LogP contribution in [0.15, 0.2) is 30.3 Å². The summed E-state index contributed by atoms with van der Waals surface area (Å²) in [5, 5.41) is 3.67. The summed E-state index contributed by atoms with van der Waals surface area (Å²) in [7, 11) is 3.37. The Kier molecular flexibility index (Phi) is 5.06. The summed E-state index contributed by atoms with van der Waals surface area (Å²) in [6, 6.07) is 9.12. The van der Waals surface area contributed by atoms with Gasteiger partial charge in [-0.25, -0.2) is 0 Å². The summed E-state index contributed by atoms with van der Waals surface area (Å²) in [4.78, 5) is 4.23. The molecule has 2 aromatic rings. The van der Waals surface area contributed by atoms with Crippen LogP contribution in [0.5, 0.6) is 11.6 Å². The van der Waals surface area contributed by atoms with Crippen LogP contribution < -0.4 is 10.1 Å². The Morgan fingerprint density at radius 1 is 1.20 bits per heavy atom. The Bertz CT molecular complexity index is 606. The first-order valence-electron chi connectivity index (χ1n) is 5.93. The van der Waals surface area contributed by atoms with Crippen LogP contribution in [-0.2, 0) is 11.3 Å². The summed E-state index contributed by atoms with van der Waals surface area (Å²) < 4.78 is 10.8. The molecule has 0 saturated carbocycles. The standard InChI is InChI=1S/C14H14Cl2N2O2/c1-17-13-11(15)7-12(16)14(18-13)20-10-5-3-4-9(6-10)8-19-2/h3-7H,8H2,1-2H3,(H,17,18). The second-order valence-corrected chi connectivity index (χ2v) is 4.85. The number of hydrogen-bond acceptors (Lipinski definition) is 4. The molecule has 6 heteroatoms. The molecule has 0 amide bonds. The lowest BCUT2D eigenvalue weighted by molar-refractivity contribution is 0.184. The average Bonchev–Trinajstić information content (AvgIpc) is 2.43. The first kappa shape index (κ1) is 14.9. The van der Waals surface area contributed by atoms with Gasteiger partial charge in [0.05, 0.1) is 11.6 Å². The molecule has 0 radical (unpaired) electrons. The molecule has 106 valence electrons. The summed E-state index contributed by atoms with van der Waals surface area (Å²) >= 11 is 12.1. The lowest BCUT2D eigenvalue weighted by Crippen LogP contribution is -1.97. The fourth-order valence-electron chi connectivity index (χ4n) is 1.67. The van der Waals surface area contributed by atoms with Crippen LogP contribution in [0, 0.1) is 0 Å². The Hall–Kier alpha value is -1.49. The SMILES string of the molecule is CNc1nc(Oc2cccc(COC)c2)c(Cl)cc1Cl. The molecule has 1 heterocycles. The summed E-state index contributed by atoms with van der Waals surface area (Å²) in [5.74, 6) is 1.45. The number of hydrogen-bond donors (Lipinski definition) is 1. The van der Waals surface area contributed by atoms with E-state index in [1.807, 2.05) is 24.3 Å². The van der Waals surface area contributed by atoms with Crippen LogP contribution in [0.3, 0.4) is 0 Å². The highest BCUT2D eigenvalue weighted by molar-refractivity contribution is 6.36. The van der Waals surface area contributed by atoms with E-state index in [0.29, 0.717) is 34.1 Å². The van der Waals surface area contributed by atoms with Gasteiger partial charge in [-0.1, -0.05) is 35.3 Å². The van der Waals surface area contributed by atoms with Crippen molar-refractivity contribution in [2.75, 3.05) is 19.5 Å². The van der Waals surface area contributed by atoms with Gasteiger partial charge in [0.15, 0.2) is 0 Å². The highest BCUT2D eigenvalue weighted by Crippen LogP contribution is 2.33. The minimum Gasteiger partial charge on any atom is -0.437 e. The maximum absolute atomic E-state index is 6.08. The van der Waals surface area contributed by atoms with Crippen molar-refractivity contribution >= 4 is 29.0 Å². The fraction of sp³-hybridized carbons (Fsp3) is 0.214. The second-order valence-electron chi connectivity index (χ2n) is 4.04. The zero-order valence-electron chi connectivity index (χ0n) is 11.1. The smallest absolute Gasteiger partial charge is 0.240 e. The number of aromatic nitrogens is 1. The predicted molar refractivity (Wildman–Crippen MR) is 81.0 cm³/mol. The number of nitrogens with zero attached hydrogens (tertiary/aromatic N) is 1. The van der Waals surface area contributed by atoms with Gasteiger partial charge in [-0.3, -0.25) is 0 Å². The summed E-state index contributed by atoms with van der Waals surface area (Å²) in [6.07, 6.45) is 0. The van der Waals surface area contributed by atoms with Gasteiger partial charge in [-0.15, -0.1) is 0 Å². The molecule has 0 unspecified atom stereocenters. The fourth-order valence-corrected chi connectivity index (χ4v) is 2.17. The minimum atomic E-state index is 0.301. The van der Waals surface area contributed by atoms with E-state index < -0.39 is 0 Å². The van der Waals surface area contributed by atoms with Crippen molar-refractivity contribution in [1.82, 2.24) is 4.98 Å². The Morgan fingerprint density at radius 3 is 2.70 bits per heavy atom. The largest absolute Gasteiger partial charge is 0.437 e. The number of benzene rings is 1. The first-order chi connectivity index (χ1) is 9.63.